The van der Waals surface area contributed by atoms with Crippen LogP contribution in [0.1, 0.15) is 17.2 Å². The summed E-state index contributed by atoms with van der Waals surface area (Å²) in [6.45, 7) is 0. The lowest BCUT2D eigenvalue weighted by molar-refractivity contribution is 0.442. The summed E-state index contributed by atoms with van der Waals surface area (Å²) >= 11 is 8.88. The van der Waals surface area contributed by atoms with Gasteiger partial charge in [0.2, 0.25) is 0 Å². The third-order valence-corrected chi connectivity index (χ3v) is 4.26. The zero-order chi connectivity index (χ0) is 15.7. The minimum Gasteiger partial charge on any atom is -0.309 e. The van der Waals surface area contributed by atoms with Gasteiger partial charge in [-0.1, -0.05) is 17.7 Å². The molecule has 0 aliphatic carbocycles. The first-order valence-electron chi connectivity index (χ1n) is 5.82. The van der Waals surface area contributed by atoms with E-state index in [9.17, 15) is 17.6 Å². The van der Waals surface area contributed by atoms with E-state index < -0.39 is 29.3 Å². The second-order valence-corrected chi connectivity index (χ2v) is 5.52. The summed E-state index contributed by atoms with van der Waals surface area (Å²) in [5.74, 6) is -4.97. The molecule has 0 saturated carbocycles. The van der Waals surface area contributed by atoms with Gasteiger partial charge in [0.05, 0.1) is 11.1 Å². The van der Waals surface area contributed by atoms with Crippen molar-refractivity contribution in [2.75, 3.05) is 7.05 Å². The van der Waals surface area contributed by atoms with Crippen molar-refractivity contribution < 1.29 is 17.6 Å². The minimum absolute atomic E-state index is 0.0474. The molecular formula is C14H9BrClF4N. The van der Waals surface area contributed by atoms with E-state index in [0.29, 0.717) is 4.47 Å². The molecule has 1 atom stereocenters. The van der Waals surface area contributed by atoms with Crippen LogP contribution < -0.4 is 5.32 Å². The summed E-state index contributed by atoms with van der Waals surface area (Å²) in [5.41, 5.74) is 0.141. The Morgan fingerprint density at radius 1 is 1.05 bits per heavy atom. The Hall–Kier alpha value is -1.11. The SMILES string of the molecule is CNC(c1cc(F)c(F)c(F)c1)c1ccc(Br)c(Cl)c1F. The van der Waals surface area contributed by atoms with Gasteiger partial charge >= 0.3 is 0 Å². The molecule has 0 bridgehead atoms. The Bertz CT molecular complexity index is 670. The Kier molecular flexibility index (Phi) is 4.91. The first-order chi connectivity index (χ1) is 9.86. The molecule has 0 aromatic heterocycles. The van der Waals surface area contributed by atoms with Gasteiger partial charge < -0.3 is 5.32 Å². The molecule has 7 heteroatoms. The fourth-order valence-corrected chi connectivity index (χ4v) is 2.49. The van der Waals surface area contributed by atoms with Crippen molar-refractivity contribution in [3.05, 3.63) is 68.2 Å². The predicted molar refractivity (Wildman–Crippen MR) is 76.3 cm³/mol. The molecule has 0 amide bonds. The summed E-state index contributed by atoms with van der Waals surface area (Å²) in [7, 11) is 1.49. The number of rotatable bonds is 3. The second-order valence-electron chi connectivity index (χ2n) is 4.28. The molecule has 21 heavy (non-hydrogen) atoms. The van der Waals surface area contributed by atoms with Crippen LogP contribution >= 0.6 is 27.5 Å². The highest BCUT2D eigenvalue weighted by molar-refractivity contribution is 9.10. The third-order valence-electron chi connectivity index (χ3n) is 3.00. The van der Waals surface area contributed by atoms with Crippen molar-refractivity contribution in [1.29, 1.82) is 0 Å². The average Bonchev–Trinajstić information content (AvgIpc) is 2.45. The van der Waals surface area contributed by atoms with Gasteiger partial charge in [0.1, 0.15) is 5.82 Å². The molecule has 2 rings (SSSR count). The van der Waals surface area contributed by atoms with Crippen LogP contribution in [0.5, 0.6) is 0 Å². The third kappa shape index (κ3) is 3.07. The van der Waals surface area contributed by atoms with Crippen LogP contribution in [0.3, 0.4) is 0 Å². The molecular weight excluding hydrogens is 374 g/mol. The molecule has 0 saturated heterocycles. The Labute approximate surface area is 132 Å². The van der Waals surface area contributed by atoms with Crippen molar-refractivity contribution in [2.24, 2.45) is 0 Å². The zero-order valence-corrected chi connectivity index (χ0v) is 13.0. The molecule has 1 nitrogen and oxygen atoms in total. The monoisotopic (exact) mass is 381 g/mol. The van der Waals surface area contributed by atoms with E-state index in [1.165, 1.54) is 19.2 Å². The lowest BCUT2D eigenvalue weighted by Crippen LogP contribution is -2.20. The Morgan fingerprint density at radius 2 is 1.62 bits per heavy atom. The predicted octanol–water partition coefficient (Wildman–Crippen LogP) is 4.97. The van der Waals surface area contributed by atoms with E-state index in [1.54, 1.807) is 0 Å². The molecule has 2 aromatic carbocycles. The van der Waals surface area contributed by atoms with E-state index in [0.717, 1.165) is 12.1 Å². The normalized spacial score (nSPS) is 12.5. The largest absolute Gasteiger partial charge is 0.309 e. The maximum Gasteiger partial charge on any atom is 0.194 e. The first-order valence-corrected chi connectivity index (χ1v) is 6.99. The van der Waals surface area contributed by atoms with Gasteiger partial charge in [0, 0.05) is 10.0 Å². The van der Waals surface area contributed by atoms with E-state index in [-0.39, 0.29) is 16.1 Å². The van der Waals surface area contributed by atoms with E-state index in [4.69, 9.17) is 11.6 Å². The molecule has 0 aliphatic rings. The Morgan fingerprint density at radius 3 is 2.14 bits per heavy atom. The van der Waals surface area contributed by atoms with Crippen LogP contribution in [-0.4, -0.2) is 7.05 Å². The topological polar surface area (TPSA) is 12.0 Å². The van der Waals surface area contributed by atoms with Crippen LogP contribution in [0.15, 0.2) is 28.7 Å². The van der Waals surface area contributed by atoms with Gasteiger partial charge in [-0.05, 0) is 46.7 Å². The minimum atomic E-state index is -1.57. The average molecular weight is 383 g/mol. The fraction of sp³-hybridized carbons (Fsp3) is 0.143. The highest BCUT2D eigenvalue weighted by Crippen LogP contribution is 2.33. The Balaban J connectivity index is 2.58. The maximum atomic E-state index is 14.2. The summed E-state index contributed by atoms with van der Waals surface area (Å²) in [4.78, 5) is 0. The first kappa shape index (κ1) is 16.3. The quantitative estimate of drug-likeness (QED) is 0.584. The smallest absolute Gasteiger partial charge is 0.194 e. The van der Waals surface area contributed by atoms with Crippen molar-refractivity contribution in [1.82, 2.24) is 5.32 Å². The summed E-state index contributed by atoms with van der Waals surface area (Å²) in [6.07, 6.45) is 0. The molecule has 2 aromatic rings. The van der Waals surface area contributed by atoms with E-state index in [1.807, 2.05) is 0 Å². The molecule has 0 spiro atoms. The number of nitrogens with one attached hydrogen (secondary N) is 1. The van der Waals surface area contributed by atoms with Gasteiger partial charge in [-0.15, -0.1) is 0 Å². The van der Waals surface area contributed by atoms with Crippen LogP contribution in [0.25, 0.3) is 0 Å². The number of hydrogen-bond donors (Lipinski definition) is 1. The summed E-state index contributed by atoms with van der Waals surface area (Å²) in [5, 5.41) is 2.58. The molecule has 0 radical (unpaired) electrons. The highest BCUT2D eigenvalue weighted by Gasteiger charge is 2.22. The van der Waals surface area contributed by atoms with Crippen molar-refractivity contribution in [3.8, 4) is 0 Å². The van der Waals surface area contributed by atoms with Gasteiger partial charge in [0.15, 0.2) is 17.5 Å². The molecule has 0 aliphatic heterocycles. The molecule has 1 N–H and O–H groups in total. The number of benzene rings is 2. The van der Waals surface area contributed by atoms with Crippen LogP contribution in [0, 0.1) is 23.3 Å². The molecule has 0 fully saturated rings. The maximum absolute atomic E-state index is 14.2. The highest BCUT2D eigenvalue weighted by atomic mass is 79.9. The summed E-state index contributed by atoms with van der Waals surface area (Å²) in [6, 6.07) is 3.69. The van der Waals surface area contributed by atoms with Gasteiger partial charge in [-0.25, -0.2) is 17.6 Å². The fourth-order valence-electron chi connectivity index (χ4n) is 2.01. The molecule has 112 valence electrons. The van der Waals surface area contributed by atoms with E-state index in [2.05, 4.69) is 21.2 Å². The van der Waals surface area contributed by atoms with Crippen molar-refractivity contribution in [2.45, 2.75) is 6.04 Å². The van der Waals surface area contributed by atoms with Gasteiger partial charge in [-0.3, -0.25) is 0 Å². The lowest BCUT2D eigenvalue weighted by Gasteiger charge is -2.19. The number of halogens is 6. The van der Waals surface area contributed by atoms with E-state index >= 15 is 0 Å². The number of hydrogen-bond acceptors (Lipinski definition) is 1. The second kappa shape index (κ2) is 6.34. The van der Waals surface area contributed by atoms with Crippen molar-refractivity contribution in [3.63, 3.8) is 0 Å². The van der Waals surface area contributed by atoms with Gasteiger partial charge in [0.25, 0.3) is 0 Å². The van der Waals surface area contributed by atoms with Gasteiger partial charge in [-0.2, -0.15) is 0 Å². The van der Waals surface area contributed by atoms with Crippen LogP contribution in [-0.2, 0) is 0 Å². The van der Waals surface area contributed by atoms with Crippen LogP contribution in [0.2, 0.25) is 5.02 Å². The molecule has 1 unspecified atom stereocenters. The zero-order valence-electron chi connectivity index (χ0n) is 10.7. The van der Waals surface area contributed by atoms with Crippen LogP contribution in [0.4, 0.5) is 17.6 Å². The summed E-state index contributed by atoms with van der Waals surface area (Å²) < 4.78 is 54.2. The van der Waals surface area contributed by atoms with Crippen molar-refractivity contribution >= 4 is 27.5 Å². The lowest BCUT2D eigenvalue weighted by atomic mass is 9.98. The molecule has 0 heterocycles. The standard InChI is InChI=1S/C14H9BrClF4N/c1-21-14(6-4-9(17)13(20)10(18)5-6)7-2-3-8(15)11(16)12(7)19/h2-5,14,21H,1H3.